The molecule has 1 aliphatic heterocycles. The Labute approximate surface area is 174 Å². The number of halogens is 1. The average Bonchev–Trinajstić information content (AvgIpc) is 3.53. The molecule has 0 spiro atoms. The van der Waals surface area contributed by atoms with E-state index in [-0.39, 0.29) is 6.17 Å². The van der Waals surface area contributed by atoms with E-state index in [0.717, 1.165) is 36.8 Å². The molecule has 0 saturated heterocycles. The van der Waals surface area contributed by atoms with Gasteiger partial charge in [-0.05, 0) is 49.6 Å². The smallest absolute Gasteiger partial charge is 0.102 e. The molecule has 1 aliphatic carbocycles. The van der Waals surface area contributed by atoms with E-state index in [1.807, 2.05) is 44.4 Å². The largest absolute Gasteiger partial charge is 0.385 e. The average molecular weight is 407 g/mol. The number of hydrazine groups is 1. The third-order valence-corrected chi connectivity index (χ3v) is 5.43. The van der Waals surface area contributed by atoms with Crippen molar-refractivity contribution >= 4 is 11.6 Å². The van der Waals surface area contributed by atoms with Gasteiger partial charge in [-0.25, -0.2) is 0 Å². The SMILES string of the molecule is CC(NCC1=C(NC(N)c2ccccc2Cl)CNC=C1)C1CC1.CCN(C)N. The number of nitrogens with two attached hydrogens (primary N) is 2. The van der Waals surface area contributed by atoms with Crippen LogP contribution >= 0.6 is 11.6 Å². The molecule has 1 fully saturated rings. The van der Waals surface area contributed by atoms with Crippen LogP contribution in [0.2, 0.25) is 5.02 Å². The van der Waals surface area contributed by atoms with Crippen LogP contribution in [0, 0.1) is 5.92 Å². The maximum absolute atomic E-state index is 6.30. The highest BCUT2D eigenvalue weighted by molar-refractivity contribution is 6.31. The first-order valence-electron chi connectivity index (χ1n) is 10.00. The van der Waals surface area contributed by atoms with E-state index in [9.17, 15) is 0 Å². The number of hydrogen-bond acceptors (Lipinski definition) is 6. The summed E-state index contributed by atoms with van der Waals surface area (Å²) in [7, 11) is 1.83. The molecule has 7 N–H and O–H groups in total. The Balaban J connectivity index is 0.000000500. The van der Waals surface area contributed by atoms with Gasteiger partial charge in [0.25, 0.3) is 0 Å². The molecule has 1 aromatic carbocycles. The molecule has 6 nitrogen and oxygen atoms in total. The second-order valence-electron chi connectivity index (χ2n) is 7.44. The van der Waals surface area contributed by atoms with Crippen LogP contribution < -0.4 is 27.5 Å². The van der Waals surface area contributed by atoms with Crippen molar-refractivity contribution < 1.29 is 0 Å². The molecule has 0 amide bonds. The highest BCUT2D eigenvalue weighted by atomic mass is 35.5. The number of rotatable bonds is 8. The fourth-order valence-corrected chi connectivity index (χ4v) is 3.12. The molecule has 0 radical (unpaired) electrons. The number of benzene rings is 1. The van der Waals surface area contributed by atoms with Crippen LogP contribution in [0.4, 0.5) is 0 Å². The van der Waals surface area contributed by atoms with Crippen LogP contribution in [0.1, 0.15) is 38.4 Å². The summed E-state index contributed by atoms with van der Waals surface area (Å²) in [6.45, 7) is 6.79. The molecule has 1 heterocycles. The first-order valence-corrected chi connectivity index (χ1v) is 10.4. The first kappa shape index (κ1) is 22.7. The molecule has 156 valence electrons. The molecule has 1 aromatic rings. The summed E-state index contributed by atoms with van der Waals surface area (Å²) in [5.41, 5.74) is 9.58. The van der Waals surface area contributed by atoms with Gasteiger partial charge in [0.05, 0.1) is 6.54 Å². The van der Waals surface area contributed by atoms with E-state index < -0.39 is 0 Å². The summed E-state index contributed by atoms with van der Waals surface area (Å²) in [6, 6.07) is 8.27. The van der Waals surface area contributed by atoms with E-state index in [4.69, 9.17) is 23.2 Å². The molecule has 1 saturated carbocycles. The van der Waals surface area contributed by atoms with Crippen molar-refractivity contribution in [1.82, 2.24) is 21.0 Å². The standard InChI is InChI=1S/C18H25ClN4.C3H10N2/c1-12(13-6-7-13)22-10-14-8-9-21-11-17(14)23-18(20)15-4-2-3-5-16(15)19;1-3-5(2)4/h2-5,8-9,12-13,18,21-23H,6-7,10-11,20H2,1H3;3-4H2,1-2H3. The van der Waals surface area contributed by atoms with Gasteiger partial charge in [0, 0.05) is 42.5 Å². The third kappa shape index (κ3) is 7.45. The first-order chi connectivity index (χ1) is 13.4. The number of nitrogens with one attached hydrogen (secondary N) is 3. The van der Waals surface area contributed by atoms with Crippen LogP contribution in [0.15, 0.2) is 47.8 Å². The van der Waals surface area contributed by atoms with Crippen molar-refractivity contribution in [3.63, 3.8) is 0 Å². The summed E-state index contributed by atoms with van der Waals surface area (Å²) in [5, 5.41) is 12.6. The minimum absolute atomic E-state index is 0.317. The molecule has 2 atom stereocenters. The lowest BCUT2D eigenvalue weighted by Crippen LogP contribution is -2.37. The van der Waals surface area contributed by atoms with Gasteiger partial charge >= 0.3 is 0 Å². The molecule has 0 bridgehead atoms. The Hall–Kier alpha value is -1.57. The van der Waals surface area contributed by atoms with Gasteiger partial charge in [-0.2, -0.15) is 0 Å². The lowest BCUT2D eigenvalue weighted by atomic mass is 10.1. The Morgan fingerprint density at radius 2 is 2.00 bits per heavy atom. The zero-order chi connectivity index (χ0) is 20.5. The monoisotopic (exact) mass is 406 g/mol. The van der Waals surface area contributed by atoms with E-state index in [0.29, 0.717) is 11.1 Å². The minimum atomic E-state index is -0.317. The van der Waals surface area contributed by atoms with Crippen molar-refractivity contribution in [2.45, 2.75) is 38.9 Å². The zero-order valence-electron chi connectivity index (χ0n) is 17.2. The van der Waals surface area contributed by atoms with Gasteiger partial charge in [0.1, 0.15) is 6.17 Å². The number of dihydropyridines is 1. The number of nitrogens with zero attached hydrogens (tertiary/aromatic N) is 1. The van der Waals surface area contributed by atoms with Crippen LogP contribution in [-0.4, -0.2) is 37.7 Å². The Bertz CT molecular complexity index is 669. The highest BCUT2D eigenvalue weighted by Crippen LogP contribution is 2.32. The van der Waals surface area contributed by atoms with Gasteiger partial charge in [-0.1, -0.05) is 36.7 Å². The Kier molecular flexibility index (Phi) is 9.28. The zero-order valence-corrected chi connectivity index (χ0v) is 18.0. The summed E-state index contributed by atoms with van der Waals surface area (Å²) >= 11 is 6.24. The van der Waals surface area contributed by atoms with Crippen molar-refractivity contribution in [2.75, 3.05) is 26.7 Å². The molecule has 0 aromatic heterocycles. The highest BCUT2D eigenvalue weighted by Gasteiger charge is 2.27. The van der Waals surface area contributed by atoms with Crippen LogP contribution in [0.3, 0.4) is 0 Å². The Morgan fingerprint density at radius 3 is 2.61 bits per heavy atom. The van der Waals surface area contributed by atoms with Crippen LogP contribution in [0.25, 0.3) is 0 Å². The normalized spacial score (nSPS) is 18.2. The lowest BCUT2D eigenvalue weighted by Gasteiger charge is -2.25. The second kappa shape index (κ2) is 11.4. The predicted octanol–water partition coefficient (Wildman–Crippen LogP) is 2.46. The lowest BCUT2D eigenvalue weighted by molar-refractivity contribution is 0.370. The van der Waals surface area contributed by atoms with Gasteiger partial charge in [-0.15, -0.1) is 0 Å². The fraction of sp³-hybridized carbons (Fsp3) is 0.524. The molecule has 3 rings (SSSR count). The molecular formula is C21H35ClN6. The van der Waals surface area contributed by atoms with Crippen molar-refractivity contribution in [1.29, 1.82) is 0 Å². The maximum atomic E-state index is 6.30. The second-order valence-corrected chi connectivity index (χ2v) is 7.85. The summed E-state index contributed by atoms with van der Waals surface area (Å²) in [5.74, 6) is 5.98. The van der Waals surface area contributed by atoms with Crippen molar-refractivity contribution in [3.05, 3.63) is 58.4 Å². The van der Waals surface area contributed by atoms with Gasteiger partial charge in [0.2, 0.25) is 0 Å². The summed E-state index contributed by atoms with van der Waals surface area (Å²) in [4.78, 5) is 0. The maximum Gasteiger partial charge on any atom is 0.102 e. The quantitative estimate of drug-likeness (QED) is 0.259. The van der Waals surface area contributed by atoms with Crippen LogP contribution in [-0.2, 0) is 0 Å². The third-order valence-electron chi connectivity index (χ3n) is 5.08. The molecule has 2 unspecified atom stereocenters. The van der Waals surface area contributed by atoms with Gasteiger partial charge in [-0.3, -0.25) is 10.9 Å². The molecular weight excluding hydrogens is 372 g/mol. The predicted molar refractivity (Wildman–Crippen MR) is 118 cm³/mol. The van der Waals surface area contributed by atoms with Crippen molar-refractivity contribution in [3.8, 4) is 0 Å². The van der Waals surface area contributed by atoms with Gasteiger partial charge < -0.3 is 21.7 Å². The summed E-state index contributed by atoms with van der Waals surface area (Å²) < 4.78 is 0. The topological polar surface area (TPSA) is 91.4 Å². The van der Waals surface area contributed by atoms with E-state index in [1.54, 1.807) is 5.01 Å². The van der Waals surface area contributed by atoms with E-state index >= 15 is 0 Å². The molecule has 2 aliphatic rings. The Morgan fingerprint density at radius 1 is 1.32 bits per heavy atom. The van der Waals surface area contributed by atoms with Crippen molar-refractivity contribution in [2.24, 2.45) is 17.5 Å². The molecule has 28 heavy (non-hydrogen) atoms. The number of hydrogen-bond donors (Lipinski definition) is 5. The van der Waals surface area contributed by atoms with Crippen LogP contribution in [0.5, 0.6) is 0 Å². The summed E-state index contributed by atoms with van der Waals surface area (Å²) in [6.07, 6.45) is 6.49. The van der Waals surface area contributed by atoms with E-state index in [1.165, 1.54) is 18.4 Å². The molecule has 7 heteroatoms. The van der Waals surface area contributed by atoms with E-state index in [2.05, 4.69) is 29.0 Å². The van der Waals surface area contributed by atoms with Gasteiger partial charge in [0.15, 0.2) is 0 Å². The fourth-order valence-electron chi connectivity index (χ4n) is 2.87. The minimum Gasteiger partial charge on any atom is -0.385 e.